The third kappa shape index (κ3) is 3.77. The Balaban J connectivity index is 0.00000156. The van der Waals surface area contributed by atoms with Crippen molar-refractivity contribution in [3.05, 3.63) is 0 Å². The predicted octanol–water partition coefficient (Wildman–Crippen LogP) is 1.34. The van der Waals surface area contributed by atoms with E-state index in [1.54, 1.807) is 0 Å². The van der Waals surface area contributed by atoms with Crippen LogP contribution in [0.4, 0.5) is 0 Å². The van der Waals surface area contributed by atoms with Crippen molar-refractivity contribution in [2.45, 2.75) is 25.0 Å². The number of rotatable bonds is 3. The third-order valence-electron chi connectivity index (χ3n) is 5.78. The topological polar surface area (TPSA) is 40.1 Å². The summed E-state index contributed by atoms with van der Waals surface area (Å²) in [5, 5.41) is 3.58. The van der Waals surface area contributed by atoms with Gasteiger partial charge in [0.2, 0.25) is 0 Å². The molecule has 4 atom stereocenters. The van der Waals surface area contributed by atoms with E-state index < -0.39 is 0 Å². The standard InChI is InChI=1S/C16H28N4OS.HI/c1-17-16(18-4-5-19-6-8-22-9-7-19)20-10-12-13(11-20)15-3-2-14(12)21-15;/h12-15H,2-11H2,1H3,(H,17,18);1H. The number of fused-ring (bicyclic) bond motifs is 5. The molecule has 7 heteroatoms. The van der Waals surface area contributed by atoms with Gasteiger partial charge in [-0.1, -0.05) is 0 Å². The smallest absolute Gasteiger partial charge is 0.193 e. The molecule has 4 heterocycles. The SMILES string of the molecule is CN=C(NCCN1CCSCC1)N1CC2C3CCC(O3)C2C1.I. The number of ether oxygens (including phenoxy) is 1. The Bertz CT molecular complexity index is 414. The van der Waals surface area contributed by atoms with E-state index in [2.05, 4.69) is 31.9 Å². The highest BCUT2D eigenvalue weighted by Gasteiger charge is 2.53. The molecule has 0 radical (unpaired) electrons. The van der Waals surface area contributed by atoms with E-state index in [-0.39, 0.29) is 24.0 Å². The van der Waals surface area contributed by atoms with Gasteiger partial charge in [0.1, 0.15) is 0 Å². The molecule has 0 spiro atoms. The van der Waals surface area contributed by atoms with Gasteiger partial charge in [-0.15, -0.1) is 24.0 Å². The van der Waals surface area contributed by atoms with Crippen molar-refractivity contribution in [2.24, 2.45) is 16.8 Å². The Morgan fingerprint density at radius 1 is 1.17 bits per heavy atom. The van der Waals surface area contributed by atoms with Gasteiger partial charge in [0.15, 0.2) is 5.96 Å². The van der Waals surface area contributed by atoms with Crippen LogP contribution in [0.3, 0.4) is 0 Å². The first kappa shape index (κ1) is 18.1. The first-order valence-corrected chi connectivity index (χ1v) is 9.92. The summed E-state index contributed by atoms with van der Waals surface area (Å²) in [5.41, 5.74) is 0. The molecule has 0 aliphatic carbocycles. The van der Waals surface area contributed by atoms with Gasteiger partial charge in [-0.2, -0.15) is 11.8 Å². The highest BCUT2D eigenvalue weighted by atomic mass is 127. The highest BCUT2D eigenvalue weighted by molar-refractivity contribution is 14.0. The minimum absolute atomic E-state index is 0. The maximum absolute atomic E-state index is 6.07. The van der Waals surface area contributed by atoms with Gasteiger partial charge < -0.3 is 15.0 Å². The zero-order chi connectivity index (χ0) is 14.9. The number of nitrogens with one attached hydrogen (secondary N) is 1. The highest BCUT2D eigenvalue weighted by Crippen LogP contribution is 2.47. The van der Waals surface area contributed by atoms with Crippen molar-refractivity contribution in [1.29, 1.82) is 0 Å². The van der Waals surface area contributed by atoms with Crippen LogP contribution in [0.1, 0.15) is 12.8 Å². The van der Waals surface area contributed by atoms with Crippen LogP contribution in [0.2, 0.25) is 0 Å². The number of hydrogen-bond acceptors (Lipinski definition) is 4. The number of guanidine groups is 1. The minimum Gasteiger partial charge on any atom is -0.374 e. The molecule has 1 N–H and O–H groups in total. The number of likely N-dealkylation sites (tertiary alicyclic amines) is 1. The molecule has 0 aromatic carbocycles. The zero-order valence-corrected chi connectivity index (χ0v) is 17.1. The van der Waals surface area contributed by atoms with Crippen molar-refractivity contribution in [3.63, 3.8) is 0 Å². The van der Waals surface area contributed by atoms with E-state index in [9.17, 15) is 0 Å². The molecule has 4 unspecified atom stereocenters. The van der Waals surface area contributed by atoms with E-state index >= 15 is 0 Å². The van der Waals surface area contributed by atoms with Crippen LogP contribution in [0.15, 0.2) is 4.99 Å². The van der Waals surface area contributed by atoms with Gasteiger partial charge in [-0.25, -0.2) is 0 Å². The normalized spacial score (nSPS) is 36.9. The van der Waals surface area contributed by atoms with Crippen molar-refractivity contribution in [2.75, 3.05) is 57.8 Å². The molecule has 132 valence electrons. The quantitative estimate of drug-likeness (QED) is 0.398. The van der Waals surface area contributed by atoms with Crippen LogP contribution >= 0.6 is 35.7 Å². The van der Waals surface area contributed by atoms with Crippen LogP contribution in [0.5, 0.6) is 0 Å². The first-order chi connectivity index (χ1) is 10.8. The summed E-state index contributed by atoms with van der Waals surface area (Å²) in [6, 6.07) is 0. The summed E-state index contributed by atoms with van der Waals surface area (Å²) >= 11 is 2.07. The molecule has 2 bridgehead atoms. The van der Waals surface area contributed by atoms with Crippen LogP contribution in [-0.2, 0) is 4.74 Å². The van der Waals surface area contributed by atoms with Gasteiger partial charge in [0.25, 0.3) is 0 Å². The number of nitrogens with zero attached hydrogens (tertiary/aromatic N) is 3. The van der Waals surface area contributed by atoms with Gasteiger partial charge in [-0.3, -0.25) is 9.89 Å². The summed E-state index contributed by atoms with van der Waals surface area (Å²) in [6.07, 6.45) is 3.62. The van der Waals surface area contributed by atoms with Crippen molar-refractivity contribution < 1.29 is 4.74 Å². The lowest BCUT2D eigenvalue weighted by molar-refractivity contribution is 0.0767. The summed E-state index contributed by atoms with van der Waals surface area (Å²) in [6.45, 7) is 6.87. The third-order valence-corrected chi connectivity index (χ3v) is 6.72. The van der Waals surface area contributed by atoms with Crippen LogP contribution in [0, 0.1) is 11.8 Å². The first-order valence-electron chi connectivity index (χ1n) is 8.76. The number of hydrogen-bond donors (Lipinski definition) is 1. The number of halogens is 1. The molecular formula is C16H29IN4OS. The largest absolute Gasteiger partial charge is 0.374 e. The van der Waals surface area contributed by atoms with E-state index in [0.717, 1.165) is 44.0 Å². The molecule has 5 nitrogen and oxygen atoms in total. The maximum atomic E-state index is 6.07. The molecule has 4 fully saturated rings. The Morgan fingerprint density at radius 3 is 2.43 bits per heavy atom. The average Bonchev–Trinajstić information content (AvgIpc) is 3.25. The Kier molecular flexibility index (Phi) is 6.36. The summed E-state index contributed by atoms with van der Waals surface area (Å²) < 4.78 is 6.07. The van der Waals surface area contributed by atoms with Gasteiger partial charge >= 0.3 is 0 Å². The molecular weight excluding hydrogens is 423 g/mol. The summed E-state index contributed by atoms with van der Waals surface area (Å²) in [5.74, 6) is 5.16. The maximum Gasteiger partial charge on any atom is 0.193 e. The lowest BCUT2D eigenvalue weighted by Gasteiger charge is -2.28. The molecule has 0 saturated carbocycles. The molecule has 0 aromatic rings. The average molecular weight is 452 g/mol. The molecule has 4 rings (SSSR count). The number of thioether (sulfide) groups is 1. The van der Waals surface area contributed by atoms with Crippen molar-refractivity contribution in [3.8, 4) is 0 Å². The van der Waals surface area contributed by atoms with Crippen LogP contribution in [0.25, 0.3) is 0 Å². The lowest BCUT2D eigenvalue weighted by Crippen LogP contribution is -2.45. The molecule has 4 aliphatic rings. The second-order valence-electron chi connectivity index (χ2n) is 6.95. The Labute approximate surface area is 161 Å². The fourth-order valence-corrected chi connectivity index (χ4v) is 5.59. The van der Waals surface area contributed by atoms with Gasteiger partial charge in [0.05, 0.1) is 12.2 Å². The monoisotopic (exact) mass is 452 g/mol. The predicted molar refractivity (Wildman–Crippen MR) is 107 cm³/mol. The van der Waals surface area contributed by atoms with Gasteiger partial charge in [-0.05, 0) is 12.8 Å². The van der Waals surface area contributed by atoms with Crippen LogP contribution < -0.4 is 5.32 Å². The molecule has 0 aromatic heterocycles. The fraction of sp³-hybridized carbons (Fsp3) is 0.938. The molecule has 4 saturated heterocycles. The van der Waals surface area contributed by atoms with Crippen molar-refractivity contribution in [1.82, 2.24) is 15.1 Å². The zero-order valence-electron chi connectivity index (χ0n) is 13.9. The van der Waals surface area contributed by atoms with E-state index in [1.807, 2.05) is 7.05 Å². The summed E-state index contributed by atoms with van der Waals surface area (Å²) in [7, 11) is 1.92. The lowest BCUT2D eigenvalue weighted by atomic mass is 9.82. The minimum atomic E-state index is 0. The molecule has 23 heavy (non-hydrogen) atoms. The van der Waals surface area contributed by atoms with Crippen molar-refractivity contribution >= 4 is 41.7 Å². The Hall–Kier alpha value is 0.270. The molecule has 0 amide bonds. The number of aliphatic imine (C=N–C) groups is 1. The second kappa shape index (κ2) is 8.10. The molecule has 4 aliphatic heterocycles. The fourth-order valence-electron chi connectivity index (χ4n) is 4.62. The van der Waals surface area contributed by atoms with Crippen LogP contribution in [-0.4, -0.2) is 85.8 Å². The summed E-state index contributed by atoms with van der Waals surface area (Å²) in [4.78, 5) is 9.55. The van der Waals surface area contributed by atoms with Gasteiger partial charge in [0, 0.05) is 69.7 Å². The van der Waals surface area contributed by atoms with E-state index in [4.69, 9.17) is 4.74 Å². The second-order valence-corrected chi connectivity index (χ2v) is 8.18. The van der Waals surface area contributed by atoms with E-state index in [1.165, 1.54) is 37.4 Å². The Morgan fingerprint density at radius 2 is 1.83 bits per heavy atom. The van der Waals surface area contributed by atoms with E-state index in [0.29, 0.717) is 12.2 Å².